The number of hydrogen-bond acceptors (Lipinski definition) is 10. The Labute approximate surface area is 261 Å². The first-order valence-corrected chi connectivity index (χ1v) is 15.3. The predicted octanol–water partition coefficient (Wildman–Crippen LogP) is 5.03. The predicted molar refractivity (Wildman–Crippen MR) is 157 cm³/mol. The summed E-state index contributed by atoms with van der Waals surface area (Å²) in [5.41, 5.74) is 0.554. The fraction of sp³-hybridized carbons (Fsp3) is 0.517. The number of halogens is 4. The summed E-state index contributed by atoms with van der Waals surface area (Å²) in [5.74, 6) is 0.481. The lowest BCUT2D eigenvalue weighted by Crippen LogP contribution is -2.68. The van der Waals surface area contributed by atoms with Crippen molar-refractivity contribution >= 4 is 23.2 Å². The maximum absolute atomic E-state index is 14.0. The molecular weight excluding hydrogens is 613 g/mol. The molecule has 1 saturated carbocycles. The molecule has 3 fully saturated rings. The van der Waals surface area contributed by atoms with Crippen LogP contribution in [-0.2, 0) is 17.5 Å². The van der Waals surface area contributed by atoms with E-state index >= 15 is 0 Å². The van der Waals surface area contributed by atoms with Crippen LogP contribution in [0.1, 0.15) is 44.3 Å². The molecule has 0 bridgehead atoms. The van der Waals surface area contributed by atoms with Crippen LogP contribution in [0.5, 0.6) is 5.75 Å². The van der Waals surface area contributed by atoms with Crippen LogP contribution in [0.4, 0.5) is 24.8 Å². The van der Waals surface area contributed by atoms with Crippen molar-refractivity contribution in [2.75, 3.05) is 31.6 Å². The van der Waals surface area contributed by atoms with E-state index in [1.54, 1.807) is 22.9 Å². The highest BCUT2D eigenvalue weighted by Crippen LogP contribution is 2.43. The van der Waals surface area contributed by atoms with Crippen molar-refractivity contribution in [1.82, 2.24) is 44.9 Å². The van der Waals surface area contributed by atoms with Gasteiger partial charge in [0.05, 0.1) is 36.5 Å². The maximum Gasteiger partial charge on any atom is 0.437 e. The van der Waals surface area contributed by atoms with E-state index in [1.807, 2.05) is 6.92 Å². The minimum absolute atomic E-state index is 0.0275. The average molecular weight is 645 g/mol. The van der Waals surface area contributed by atoms with E-state index in [1.165, 1.54) is 29.6 Å². The molecular formula is C29H32ClF3N10O2. The van der Waals surface area contributed by atoms with Gasteiger partial charge in [0.2, 0.25) is 5.95 Å². The van der Waals surface area contributed by atoms with Crippen LogP contribution < -0.4 is 10.1 Å². The lowest BCUT2D eigenvalue weighted by Gasteiger charge is -2.58. The largest absolute Gasteiger partial charge is 0.487 e. The van der Waals surface area contributed by atoms with Crippen LogP contribution in [0.2, 0.25) is 5.02 Å². The number of benzene rings is 1. The zero-order chi connectivity index (χ0) is 31.2. The summed E-state index contributed by atoms with van der Waals surface area (Å²) in [5, 5.41) is 18.2. The number of tetrazole rings is 1. The Hall–Kier alpha value is -3.82. The lowest BCUT2D eigenvalue weighted by molar-refractivity contribution is -0.200. The smallest absolute Gasteiger partial charge is 0.437 e. The highest BCUT2D eigenvalue weighted by Gasteiger charge is 2.51. The molecule has 2 aliphatic heterocycles. The Balaban J connectivity index is 1.01. The van der Waals surface area contributed by atoms with Crippen LogP contribution in [-0.4, -0.2) is 83.3 Å². The molecule has 0 unspecified atom stereocenters. The molecule has 16 heteroatoms. The standard InChI is InChI=1S/C29H32ClF3N10O2/c1-18(11-42-17-36-39-40-42)45-25-8-19(2-7-23(25)30)20-9-34-27(35-10-20)37-24-12-43(38-26(24)29(31,32)33)22-5-3-21(4-6-22)41-13-28(14-41)15-44-16-28/h2,7-10,12,17-18,21-22H,3-6,11,13-16H2,1H3,(H,34,35,37)/t18-,21?,22?/m0/s1. The minimum atomic E-state index is -4.64. The van der Waals surface area contributed by atoms with Gasteiger partial charge >= 0.3 is 6.18 Å². The SMILES string of the molecule is C[C@@H](Cn1cnnn1)Oc1cc(-c2cnc(Nc3cn(C4CCC(N5CC6(COC6)C5)CC4)nc3C(F)(F)F)nc2)ccc1Cl. The van der Waals surface area contributed by atoms with Gasteiger partial charge in [-0.15, -0.1) is 5.10 Å². The second-order valence-electron chi connectivity index (χ2n) is 12.3. The molecule has 4 aromatic rings. The van der Waals surface area contributed by atoms with Crippen LogP contribution in [0.15, 0.2) is 43.1 Å². The lowest BCUT2D eigenvalue weighted by atomic mass is 9.75. The maximum atomic E-state index is 14.0. The average Bonchev–Trinajstić information content (AvgIpc) is 3.64. The summed E-state index contributed by atoms with van der Waals surface area (Å²) in [6.07, 6.45) is 4.48. The van der Waals surface area contributed by atoms with E-state index in [0.717, 1.165) is 57.6 Å². The van der Waals surface area contributed by atoms with Crippen LogP contribution in [0.3, 0.4) is 0 Å². The van der Waals surface area contributed by atoms with E-state index < -0.39 is 11.9 Å². The molecule has 5 heterocycles. The molecule has 0 radical (unpaired) electrons. The van der Waals surface area contributed by atoms with Gasteiger partial charge < -0.3 is 14.8 Å². The fourth-order valence-corrected chi connectivity index (χ4v) is 6.59. The van der Waals surface area contributed by atoms with Gasteiger partial charge in [-0.05, 0) is 60.7 Å². The molecule has 1 spiro atoms. The van der Waals surface area contributed by atoms with E-state index in [0.29, 0.717) is 34.3 Å². The van der Waals surface area contributed by atoms with Crippen LogP contribution >= 0.6 is 11.6 Å². The van der Waals surface area contributed by atoms with Crippen molar-refractivity contribution in [2.45, 2.75) is 63.5 Å². The number of ether oxygens (including phenoxy) is 2. The number of likely N-dealkylation sites (tertiary alicyclic amines) is 1. The first-order chi connectivity index (χ1) is 21.6. The van der Waals surface area contributed by atoms with Gasteiger partial charge in [0.1, 0.15) is 18.2 Å². The van der Waals surface area contributed by atoms with E-state index in [4.69, 9.17) is 21.1 Å². The van der Waals surface area contributed by atoms with Crippen molar-refractivity contribution < 1.29 is 22.6 Å². The second-order valence-corrected chi connectivity index (χ2v) is 12.7. The van der Waals surface area contributed by atoms with Gasteiger partial charge in [-0.1, -0.05) is 17.7 Å². The first kappa shape index (κ1) is 29.9. The fourth-order valence-electron chi connectivity index (χ4n) is 6.43. The second kappa shape index (κ2) is 11.8. The zero-order valence-corrected chi connectivity index (χ0v) is 25.2. The van der Waals surface area contributed by atoms with Gasteiger partial charge in [0.15, 0.2) is 5.69 Å². The Kier molecular flexibility index (Phi) is 7.86. The molecule has 1 N–H and O–H groups in total. The Morgan fingerprint density at radius 2 is 1.82 bits per heavy atom. The monoisotopic (exact) mass is 644 g/mol. The Morgan fingerprint density at radius 1 is 1.09 bits per heavy atom. The van der Waals surface area contributed by atoms with Gasteiger partial charge in [0, 0.05) is 48.7 Å². The van der Waals surface area contributed by atoms with Crippen LogP contribution in [0.25, 0.3) is 11.1 Å². The molecule has 1 atom stereocenters. The molecule has 3 aliphatic rings. The number of alkyl halides is 3. The minimum Gasteiger partial charge on any atom is -0.487 e. The Morgan fingerprint density at radius 3 is 2.47 bits per heavy atom. The van der Waals surface area contributed by atoms with Gasteiger partial charge in [-0.2, -0.15) is 18.3 Å². The van der Waals surface area contributed by atoms with Crippen molar-refractivity contribution in [3.05, 3.63) is 53.8 Å². The molecule has 1 aliphatic carbocycles. The summed E-state index contributed by atoms with van der Waals surface area (Å²) in [4.78, 5) is 11.1. The van der Waals surface area contributed by atoms with Gasteiger partial charge in [-0.25, -0.2) is 14.6 Å². The van der Waals surface area contributed by atoms with Gasteiger partial charge in [0.25, 0.3) is 0 Å². The van der Waals surface area contributed by atoms with Crippen molar-refractivity contribution in [2.24, 2.45) is 5.41 Å². The summed E-state index contributed by atoms with van der Waals surface area (Å²) in [6.45, 7) is 6.09. The third kappa shape index (κ3) is 6.33. The molecule has 1 aromatic carbocycles. The van der Waals surface area contributed by atoms with E-state index in [-0.39, 0.29) is 23.8 Å². The third-order valence-corrected chi connectivity index (χ3v) is 9.09. The summed E-state index contributed by atoms with van der Waals surface area (Å²) < 4.78 is 56.4. The molecule has 238 valence electrons. The van der Waals surface area contributed by atoms with E-state index in [2.05, 4.69) is 40.8 Å². The zero-order valence-electron chi connectivity index (χ0n) is 24.5. The Bertz CT molecular complexity index is 1610. The molecule has 2 saturated heterocycles. The molecule has 3 aromatic heterocycles. The van der Waals surface area contributed by atoms with Crippen molar-refractivity contribution in [1.29, 1.82) is 0 Å². The molecule has 0 amide bonds. The quantitative estimate of drug-likeness (QED) is 0.266. The number of aromatic nitrogens is 8. The number of anilines is 2. The number of rotatable bonds is 9. The van der Waals surface area contributed by atoms with E-state index in [9.17, 15) is 13.2 Å². The van der Waals surface area contributed by atoms with Crippen molar-refractivity contribution in [3.63, 3.8) is 0 Å². The molecule has 45 heavy (non-hydrogen) atoms. The first-order valence-electron chi connectivity index (χ1n) is 14.9. The normalized spacial score (nSPS) is 22.1. The summed E-state index contributed by atoms with van der Waals surface area (Å²) in [6, 6.07) is 5.61. The molecule has 12 nitrogen and oxygen atoms in total. The summed E-state index contributed by atoms with van der Waals surface area (Å²) >= 11 is 6.36. The van der Waals surface area contributed by atoms with Crippen LogP contribution in [0, 0.1) is 5.41 Å². The number of nitrogens with one attached hydrogen (secondary N) is 1. The topological polar surface area (TPSA) is 121 Å². The number of nitrogens with zero attached hydrogens (tertiary/aromatic N) is 9. The van der Waals surface area contributed by atoms with Gasteiger partial charge in [-0.3, -0.25) is 9.58 Å². The highest BCUT2D eigenvalue weighted by atomic mass is 35.5. The molecule has 7 rings (SSSR count). The number of hydrogen-bond donors (Lipinski definition) is 1. The highest BCUT2D eigenvalue weighted by molar-refractivity contribution is 6.32. The van der Waals surface area contributed by atoms with Crippen molar-refractivity contribution in [3.8, 4) is 16.9 Å². The summed E-state index contributed by atoms with van der Waals surface area (Å²) in [7, 11) is 0. The third-order valence-electron chi connectivity index (χ3n) is 8.78.